The van der Waals surface area contributed by atoms with Crippen molar-refractivity contribution in [3.8, 4) is 5.75 Å². The van der Waals surface area contributed by atoms with Gasteiger partial charge in [0, 0.05) is 5.69 Å². The molecule has 0 radical (unpaired) electrons. The van der Waals surface area contributed by atoms with Gasteiger partial charge in [0.25, 0.3) is 0 Å². The van der Waals surface area contributed by atoms with E-state index in [2.05, 4.69) is 22.9 Å². The van der Waals surface area contributed by atoms with Crippen LogP contribution in [0.3, 0.4) is 0 Å². The van der Waals surface area contributed by atoms with E-state index in [1.165, 1.54) is 12.8 Å². The number of anilines is 1. The Balaban J connectivity index is 2.01. The van der Waals surface area contributed by atoms with Crippen molar-refractivity contribution in [2.45, 2.75) is 38.7 Å². The molecule has 2 N–H and O–H groups in total. The summed E-state index contributed by atoms with van der Waals surface area (Å²) in [5.41, 5.74) is 6.56. The summed E-state index contributed by atoms with van der Waals surface area (Å²) in [7, 11) is 0. The highest BCUT2D eigenvalue weighted by Crippen LogP contribution is 2.34. The normalized spacial score (nSPS) is 25.4. The van der Waals surface area contributed by atoms with Gasteiger partial charge in [-0.25, -0.2) is 0 Å². The average molecular weight is 284 g/mol. The molecular formula is C13H18BrNO. The standard InChI is InChI=1S/C13H18BrNO/c1-9-5-7-10(8-6-9)16-12-4-2-3-11(15)13(12)14/h2-4,9-10H,5-8,15H2,1H3. The first-order valence-electron chi connectivity index (χ1n) is 5.87. The van der Waals surface area contributed by atoms with Gasteiger partial charge in [-0.15, -0.1) is 0 Å². The van der Waals surface area contributed by atoms with Crippen LogP contribution in [0.1, 0.15) is 32.6 Å². The Kier molecular flexibility index (Phi) is 3.74. The van der Waals surface area contributed by atoms with E-state index in [4.69, 9.17) is 10.5 Å². The Morgan fingerprint density at radius 3 is 2.62 bits per heavy atom. The van der Waals surface area contributed by atoms with Crippen molar-refractivity contribution < 1.29 is 4.74 Å². The molecule has 0 saturated heterocycles. The minimum absolute atomic E-state index is 0.356. The number of rotatable bonds is 2. The predicted molar refractivity (Wildman–Crippen MR) is 70.6 cm³/mol. The Morgan fingerprint density at radius 1 is 1.25 bits per heavy atom. The van der Waals surface area contributed by atoms with Crippen LogP contribution < -0.4 is 10.5 Å². The maximum absolute atomic E-state index is 5.99. The molecule has 0 bridgehead atoms. The summed E-state index contributed by atoms with van der Waals surface area (Å²) in [4.78, 5) is 0. The molecule has 1 saturated carbocycles. The number of ether oxygens (including phenoxy) is 1. The zero-order chi connectivity index (χ0) is 11.5. The van der Waals surface area contributed by atoms with Crippen molar-refractivity contribution in [1.82, 2.24) is 0 Å². The van der Waals surface area contributed by atoms with Crippen molar-refractivity contribution in [3.63, 3.8) is 0 Å². The SMILES string of the molecule is CC1CCC(Oc2cccc(N)c2Br)CC1. The van der Waals surface area contributed by atoms with Crippen LogP contribution in [0.15, 0.2) is 22.7 Å². The molecule has 0 aromatic heterocycles. The maximum Gasteiger partial charge on any atom is 0.135 e. The Bertz CT molecular complexity index is 359. The highest BCUT2D eigenvalue weighted by molar-refractivity contribution is 9.10. The largest absolute Gasteiger partial charge is 0.489 e. The van der Waals surface area contributed by atoms with Crippen LogP contribution in [0.2, 0.25) is 0 Å². The van der Waals surface area contributed by atoms with Crippen molar-refractivity contribution in [2.75, 3.05) is 5.73 Å². The molecule has 3 heteroatoms. The quantitative estimate of drug-likeness (QED) is 0.833. The molecule has 1 aliphatic carbocycles. The molecule has 1 fully saturated rings. The van der Waals surface area contributed by atoms with Gasteiger partial charge >= 0.3 is 0 Å². The lowest BCUT2D eigenvalue weighted by atomic mass is 9.89. The maximum atomic E-state index is 5.99. The first kappa shape index (κ1) is 11.8. The molecule has 0 aliphatic heterocycles. The molecular weight excluding hydrogens is 266 g/mol. The summed E-state index contributed by atoms with van der Waals surface area (Å²) in [6, 6.07) is 5.78. The highest BCUT2D eigenvalue weighted by atomic mass is 79.9. The van der Waals surface area contributed by atoms with Crippen LogP contribution in [0.25, 0.3) is 0 Å². The monoisotopic (exact) mass is 283 g/mol. The fourth-order valence-electron chi connectivity index (χ4n) is 2.15. The molecule has 88 valence electrons. The molecule has 0 atom stereocenters. The fraction of sp³-hybridized carbons (Fsp3) is 0.538. The predicted octanol–water partition coefficient (Wildman–Crippen LogP) is 3.99. The molecule has 0 heterocycles. The van der Waals surface area contributed by atoms with Crippen molar-refractivity contribution in [3.05, 3.63) is 22.7 Å². The van der Waals surface area contributed by atoms with Crippen LogP contribution in [0, 0.1) is 5.92 Å². The number of nitrogen functional groups attached to an aromatic ring is 1. The van der Waals surface area contributed by atoms with E-state index < -0.39 is 0 Å². The summed E-state index contributed by atoms with van der Waals surface area (Å²) in [6.45, 7) is 2.31. The Morgan fingerprint density at radius 2 is 1.94 bits per heavy atom. The zero-order valence-corrected chi connectivity index (χ0v) is 11.2. The number of nitrogens with two attached hydrogens (primary N) is 1. The lowest BCUT2D eigenvalue weighted by molar-refractivity contribution is 0.135. The molecule has 1 aromatic carbocycles. The number of benzene rings is 1. The highest BCUT2D eigenvalue weighted by Gasteiger charge is 2.20. The molecule has 0 amide bonds. The van der Waals surface area contributed by atoms with Crippen molar-refractivity contribution >= 4 is 21.6 Å². The van der Waals surface area contributed by atoms with Gasteiger partial charge in [-0.05, 0) is 59.7 Å². The molecule has 2 nitrogen and oxygen atoms in total. The van der Waals surface area contributed by atoms with E-state index in [1.807, 2.05) is 18.2 Å². The van der Waals surface area contributed by atoms with E-state index in [1.54, 1.807) is 0 Å². The molecule has 1 aromatic rings. The first-order chi connectivity index (χ1) is 7.66. The van der Waals surface area contributed by atoms with Gasteiger partial charge in [0.2, 0.25) is 0 Å². The van der Waals surface area contributed by atoms with E-state index in [0.29, 0.717) is 6.10 Å². The number of halogens is 1. The average Bonchev–Trinajstić information content (AvgIpc) is 2.28. The third-order valence-electron chi connectivity index (χ3n) is 3.25. The third kappa shape index (κ3) is 2.70. The summed E-state index contributed by atoms with van der Waals surface area (Å²) in [6.07, 6.45) is 5.20. The second kappa shape index (κ2) is 5.09. The van der Waals surface area contributed by atoms with E-state index in [-0.39, 0.29) is 0 Å². The lowest BCUT2D eigenvalue weighted by Gasteiger charge is -2.27. The number of hydrogen-bond acceptors (Lipinski definition) is 2. The molecule has 1 aliphatic rings. The van der Waals surface area contributed by atoms with Gasteiger partial charge in [-0.2, -0.15) is 0 Å². The second-order valence-electron chi connectivity index (χ2n) is 4.66. The van der Waals surface area contributed by atoms with Crippen LogP contribution in [-0.4, -0.2) is 6.10 Å². The zero-order valence-electron chi connectivity index (χ0n) is 9.58. The van der Waals surface area contributed by atoms with E-state index in [0.717, 1.165) is 34.7 Å². The van der Waals surface area contributed by atoms with Crippen LogP contribution in [0.5, 0.6) is 5.75 Å². The van der Waals surface area contributed by atoms with Gasteiger partial charge < -0.3 is 10.5 Å². The van der Waals surface area contributed by atoms with Crippen LogP contribution in [0.4, 0.5) is 5.69 Å². The fourth-order valence-corrected chi connectivity index (χ4v) is 2.50. The van der Waals surface area contributed by atoms with Gasteiger partial charge in [0.05, 0.1) is 10.6 Å². The first-order valence-corrected chi connectivity index (χ1v) is 6.66. The molecule has 2 rings (SSSR count). The minimum atomic E-state index is 0.356. The summed E-state index contributed by atoms with van der Waals surface area (Å²) < 4.78 is 6.87. The van der Waals surface area contributed by atoms with Crippen molar-refractivity contribution in [2.24, 2.45) is 5.92 Å². The van der Waals surface area contributed by atoms with Crippen LogP contribution >= 0.6 is 15.9 Å². The smallest absolute Gasteiger partial charge is 0.135 e. The summed E-state index contributed by atoms with van der Waals surface area (Å²) in [5, 5.41) is 0. The number of hydrogen-bond donors (Lipinski definition) is 1. The van der Waals surface area contributed by atoms with Gasteiger partial charge in [-0.1, -0.05) is 13.0 Å². The Hall–Kier alpha value is -0.700. The topological polar surface area (TPSA) is 35.2 Å². The Labute approximate surface area is 105 Å². The molecule has 0 unspecified atom stereocenters. The molecule has 0 spiro atoms. The third-order valence-corrected chi connectivity index (χ3v) is 4.10. The molecule has 16 heavy (non-hydrogen) atoms. The minimum Gasteiger partial charge on any atom is -0.489 e. The lowest BCUT2D eigenvalue weighted by Crippen LogP contribution is -2.23. The van der Waals surface area contributed by atoms with Crippen LogP contribution in [-0.2, 0) is 0 Å². The summed E-state index contributed by atoms with van der Waals surface area (Å²) in [5.74, 6) is 1.73. The van der Waals surface area contributed by atoms with Gasteiger partial charge in [0.15, 0.2) is 0 Å². The van der Waals surface area contributed by atoms with Gasteiger partial charge in [-0.3, -0.25) is 0 Å². The van der Waals surface area contributed by atoms with E-state index >= 15 is 0 Å². The van der Waals surface area contributed by atoms with Crippen molar-refractivity contribution in [1.29, 1.82) is 0 Å². The van der Waals surface area contributed by atoms with Gasteiger partial charge in [0.1, 0.15) is 5.75 Å². The summed E-state index contributed by atoms with van der Waals surface area (Å²) >= 11 is 3.47. The second-order valence-corrected chi connectivity index (χ2v) is 5.45. The van der Waals surface area contributed by atoms with E-state index in [9.17, 15) is 0 Å².